The minimum Gasteiger partial charge on any atom is -0.469 e. The molecule has 4 fully saturated rings. The van der Waals surface area contributed by atoms with Gasteiger partial charge in [-0.25, -0.2) is 34.5 Å². The van der Waals surface area contributed by atoms with E-state index in [9.17, 15) is 28.8 Å². The molecule has 0 saturated carbocycles. The highest BCUT2D eigenvalue weighted by Gasteiger charge is 2.42. The van der Waals surface area contributed by atoms with Crippen LogP contribution in [-0.4, -0.2) is 149 Å². The first-order chi connectivity index (χ1) is 34.4. The minimum absolute atomic E-state index is 0.00231. The van der Waals surface area contributed by atoms with Crippen molar-refractivity contribution in [2.24, 2.45) is 9.98 Å². The molecule has 6 rings (SSSR count). The highest BCUT2D eigenvalue weighted by atomic mass is 35.5. The molecule has 21 nitrogen and oxygen atoms in total. The summed E-state index contributed by atoms with van der Waals surface area (Å²) in [5, 5.41) is 10.0. The number of terminal acetylenes is 1. The fraction of sp³-hybridized carbons (Fsp3) is 0.551. The summed E-state index contributed by atoms with van der Waals surface area (Å²) in [6, 6.07) is 0.517. The van der Waals surface area contributed by atoms with Crippen LogP contribution < -0.4 is 10.6 Å². The summed E-state index contributed by atoms with van der Waals surface area (Å²) >= 11 is 11.5. The van der Waals surface area contributed by atoms with Gasteiger partial charge in [0, 0.05) is 76.3 Å². The van der Waals surface area contributed by atoms with Crippen molar-refractivity contribution in [3.8, 4) is 12.3 Å². The SMILES string of the molecule is C#CC.C=C1C=CC(=O)N1C.C=C1CCC(=O)N1OC.C=CC.CC.CC(=O)OC(C)=O.CC1CO1.CC=O.CN=C=O.CN=C=S.COC(=O)CCCC[C@H]1SCC2NC(=O)N[C@@H]21.Cc1nc(C)nc(Cl)n1. The lowest BCUT2D eigenvalue weighted by Crippen LogP contribution is -2.36. The van der Waals surface area contributed by atoms with Crippen LogP contribution in [0, 0.1) is 26.2 Å². The Bertz CT molecular complexity index is 1870. The molecule has 0 aliphatic carbocycles. The number of carbonyl (C=O) groups excluding carboxylic acids is 8. The van der Waals surface area contributed by atoms with Crippen LogP contribution in [0.4, 0.5) is 4.79 Å². The molecule has 0 radical (unpaired) electrons. The van der Waals surface area contributed by atoms with Crippen LogP contribution in [0.3, 0.4) is 0 Å². The molecule has 73 heavy (non-hydrogen) atoms. The second kappa shape index (κ2) is 53.6. The van der Waals surface area contributed by atoms with Crippen LogP contribution in [0.25, 0.3) is 0 Å². The summed E-state index contributed by atoms with van der Waals surface area (Å²) in [7, 11) is 7.55. The van der Waals surface area contributed by atoms with E-state index in [1.807, 2.05) is 32.5 Å². The van der Waals surface area contributed by atoms with Gasteiger partial charge in [0.05, 0.1) is 44.2 Å². The number of esters is 3. The molecular weight excluding hydrogens is 1010 g/mol. The number of carbonyl (C=O) groups is 7. The number of nitrogens with one attached hydrogen (secondary N) is 2. The third kappa shape index (κ3) is 50.5. The Hall–Kier alpha value is -6.24. The first kappa shape index (κ1) is 78.2. The van der Waals surface area contributed by atoms with Crippen LogP contribution in [0.2, 0.25) is 5.28 Å². The number of unbranched alkanes of at least 4 members (excludes halogenated alkanes) is 1. The van der Waals surface area contributed by atoms with Gasteiger partial charge in [-0.3, -0.25) is 28.8 Å². The number of rotatable bonds is 6. The molecule has 1 aromatic heterocycles. The number of epoxide rings is 1. The summed E-state index contributed by atoms with van der Waals surface area (Å²) in [5.74, 6) is 3.31. The number of hydrogen-bond donors (Lipinski definition) is 2. The second-order valence-corrected chi connectivity index (χ2v) is 15.4. The predicted molar refractivity (Wildman–Crippen MR) is 290 cm³/mol. The molecule has 2 unspecified atom stereocenters. The van der Waals surface area contributed by atoms with Gasteiger partial charge in [0.25, 0.3) is 11.8 Å². The van der Waals surface area contributed by atoms with Crippen molar-refractivity contribution >= 4 is 88.9 Å². The van der Waals surface area contributed by atoms with E-state index < -0.39 is 11.9 Å². The topological polar surface area (TPSA) is 271 Å². The Morgan fingerprint density at radius 2 is 1.48 bits per heavy atom. The van der Waals surface area contributed by atoms with Crippen LogP contribution in [-0.2, 0) is 52.6 Å². The molecule has 6 heterocycles. The number of methoxy groups -OCH3 is 1. The zero-order valence-corrected chi connectivity index (χ0v) is 47.6. The van der Waals surface area contributed by atoms with Gasteiger partial charge < -0.3 is 34.5 Å². The minimum atomic E-state index is -0.562. The number of isothiocyanates is 1. The number of allylic oxidation sites excluding steroid dienone is 3. The number of hydrogen-bond acceptors (Lipinski definition) is 19. The summed E-state index contributed by atoms with van der Waals surface area (Å²) in [5.41, 5.74) is 1.51. The zero-order valence-electron chi connectivity index (χ0n) is 45.2. The zero-order chi connectivity index (χ0) is 57.9. The highest BCUT2D eigenvalue weighted by Crippen LogP contribution is 2.33. The van der Waals surface area contributed by atoms with Gasteiger partial charge in [-0.05, 0) is 90.7 Å². The number of thiocarbonyl (C=S) groups is 1. The van der Waals surface area contributed by atoms with Gasteiger partial charge >= 0.3 is 23.9 Å². The van der Waals surface area contributed by atoms with Gasteiger partial charge in [0.15, 0.2) is 0 Å². The molecule has 0 aromatic carbocycles. The number of hydroxylamine groups is 2. The summed E-state index contributed by atoms with van der Waals surface area (Å²) in [6.07, 6.45) is 16.9. The number of aromatic nitrogens is 3. The second-order valence-electron chi connectivity index (χ2n) is 13.6. The average Bonchev–Trinajstić information content (AvgIpc) is 3.56. The van der Waals surface area contributed by atoms with Crippen molar-refractivity contribution in [2.75, 3.05) is 47.7 Å². The van der Waals surface area contributed by atoms with E-state index in [0.29, 0.717) is 35.8 Å². The maximum atomic E-state index is 11.2. The maximum absolute atomic E-state index is 11.2. The number of halogens is 1. The third-order valence-corrected chi connectivity index (χ3v) is 9.45. The monoisotopic (exact) mass is 1080 g/mol. The third-order valence-electron chi connectivity index (χ3n) is 7.59. The molecular formula is C49H78ClN9O12S2. The van der Waals surface area contributed by atoms with E-state index in [1.54, 1.807) is 47.0 Å². The molecule has 0 bridgehead atoms. The van der Waals surface area contributed by atoms with Crippen LogP contribution in [0.1, 0.15) is 106 Å². The smallest absolute Gasteiger partial charge is 0.315 e. The summed E-state index contributed by atoms with van der Waals surface area (Å²) < 4.78 is 13.3. The van der Waals surface area contributed by atoms with Gasteiger partial charge in [-0.1, -0.05) is 39.5 Å². The fourth-order valence-electron chi connectivity index (χ4n) is 4.63. The van der Waals surface area contributed by atoms with Crippen molar-refractivity contribution in [1.82, 2.24) is 35.5 Å². The van der Waals surface area contributed by atoms with Gasteiger partial charge in [0.2, 0.25) is 11.4 Å². The molecule has 4 saturated heterocycles. The molecule has 4 amide bonds. The average molecular weight is 1080 g/mol. The van der Waals surface area contributed by atoms with Crippen LogP contribution in [0.5, 0.6) is 0 Å². The van der Waals surface area contributed by atoms with Crippen molar-refractivity contribution in [3.05, 3.63) is 66.3 Å². The molecule has 4 atom stereocenters. The van der Waals surface area contributed by atoms with Gasteiger partial charge in [-0.15, -0.1) is 18.9 Å². The van der Waals surface area contributed by atoms with Crippen molar-refractivity contribution in [1.29, 1.82) is 0 Å². The Morgan fingerprint density at radius 1 is 1.01 bits per heavy atom. The highest BCUT2D eigenvalue weighted by molar-refractivity contribution is 8.00. The lowest BCUT2D eigenvalue weighted by Gasteiger charge is -2.16. The molecule has 5 aliphatic heterocycles. The van der Waals surface area contributed by atoms with E-state index in [0.717, 1.165) is 55.7 Å². The van der Waals surface area contributed by atoms with Gasteiger partial charge in [-0.2, -0.15) is 16.8 Å². The first-order valence-electron chi connectivity index (χ1n) is 22.3. The Morgan fingerprint density at radius 3 is 1.74 bits per heavy atom. The Balaban J connectivity index is -0.000000178. The molecule has 0 spiro atoms. The number of aryl methyl sites for hydroxylation is 2. The lowest BCUT2D eigenvalue weighted by molar-refractivity contribution is -0.159. The predicted octanol–water partition coefficient (Wildman–Crippen LogP) is 7.47. The van der Waals surface area contributed by atoms with Gasteiger partial charge in [0.1, 0.15) is 17.9 Å². The first-order valence-corrected chi connectivity index (χ1v) is 24.2. The summed E-state index contributed by atoms with van der Waals surface area (Å²) in [4.78, 5) is 105. The number of fused-ring (bicyclic) bond motifs is 1. The number of nitrogens with zero attached hydrogens (tertiary/aromatic N) is 7. The van der Waals surface area contributed by atoms with E-state index in [4.69, 9.17) is 30.8 Å². The quantitative estimate of drug-likeness (QED) is 0.0239. The number of thioether (sulfide) groups is 1. The molecule has 1 aromatic rings. The molecule has 5 aliphatic rings. The van der Waals surface area contributed by atoms with Crippen molar-refractivity contribution < 1.29 is 57.4 Å². The lowest BCUT2D eigenvalue weighted by atomic mass is 10.0. The number of aldehydes is 1. The molecule has 2 N–H and O–H groups in total. The maximum Gasteiger partial charge on any atom is 0.315 e. The normalized spacial score (nSPS) is 16.7. The number of ether oxygens (including phenoxy) is 3. The summed E-state index contributed by atoms with van der Waals surface area (Å²) in [6.45, 7) is 28.6. The fourth-order valence-corrected chi connectivity index (χ4v) is 6.42. The van der Waals surface area contributed by atoms with Crippen molar-refractivity contribution in [3.63, 3.8) is 0 Å². The number of likely N-dealkylation sites (N-methyl/N-ethyl adjacent to an activating group) is 1. The van der Waals surface area contributed by atoms with E-state index in [1.165, 1.54) is 64.2 Å². The largest absolute Gasteiger partial charge is 0.469 e. The van der Waals surface area contributed by atoms with E-state index in [2.05, 4.69) is 101 Å². The van der Waals surface area contributed by atoms with Crippen LogP contribution in [0.15, 0.2) is 59.3 Å². The Kier molecular flexibility index (Phi) is 57.4. The number of aliphatic imine (C=N–C) groups is 2. The number of urea groups is 1. The van der Waals surface area contributed by atoms with E-state index in [-0.39, 0.29) is 41.2 Å². The van der Waals surface area contributed by atoms with Crippen LogP contribution >= 0.6 is 35.6 Å². The number of isocyanates is 1. The van der Waals surface area contributed by atoms with E-state index >= 15 is 0 Å². The standard InChI is InChI=1S/C11H18N2O3S.C6H9NO2.C6H7NO.C5H6ClN3.C4H6O3.C3H6O.C3H6.C3H4.C2H3NO.C2H3NS.C2H4O.C2H6/c1-16-9(14)5-3-2-4-8-10-7(6-17-8)12-11(15)13-10;1-5-3-4-6(8)7(5)9-2;1-5-3-4-6(8)7(5)2;1-3-7-4(2)9-5(6)8-3;1-3(5)7-4(2)6;1-3-2-4-3;2*1-3-2;2*1-3-2-4;1-2-3;1-2/h7-8,10H,2-6H2,1H3,(H2,12,13,15);1,3-4H2,2H3;3-4H,1H2,2H3;1-2H3;1-2H3;3H,2H2,1H3;3H,1H2,2H3;1H,2H3;2*1H3;2H,1H3;1-2H3/t7?,8-,10+;;;;;;;;;;;/m1.........../s1. The van der Waals surface area contributed by atoms with Crippen molar-refractivity contribution in [2.45, 2.75) is 131 Å². The Labute approximate surface area is 447 Å². The molecule has 410 valence electrons. The molecule has 24 heteroatoms. The number of amides is 4.